The molecule has 3 nitrogen and oxygen atoms in total. The smallest absolute Gasteiger partial charge is 0.0307 e. The Labute approximate surface area is 117 Å². The highest BCUT2D eigenvalue weighted by atomic mass is 15.2. The highest BCUT2D eigenvalue weighted by molar-refractivity contribution is 5.30. The first-order chi connectivity index (χ1) is 9.04. The molecule has 1 aliphatic heterocycles. The average Bonchev–Trinajstić information content (AvgIpc) is 2.36. The largest absolute Gasteiger partial charge is 0.324 e. The van der Waals surface area contributed by atoms with E-state index in [1.165, 1.54) is 42.9 Å². The standard InChI is InChI=1S/C16H27N3/c1-13-10-14(2)12-15(11-13)16(17)4-5-19-8-6-18(3)7-9-19/h10-12,16H,4-9,17H2,1-3H3. The van der Waals surface area contributed by atoms with Crippen LogP contribution in [0.5, 0.6) is 0 Å². The summed E-state index contributed by atoms with van der Waals surface area (Å²) >= 11 is 0. The minimum atomic E-state index is 0.165. The summed E-state index contributed by atoms with van der Waals surface area (Å²) in [7, 11) is 2.19. The topological polar surface area (TPSA) is 32.5 Å². The van der Waals surface area contributed by atoms with Gasteiger partial charge in [-0.25, -0.2) is 0 Å². The predicted octanol–water partition coefficient (Wildman–Crippen LogP) is 1.94. The lowest BCUT2D eigenvalue weighted by Crippen LogP contribution is -2.45. The van der Waals surface area contributed by atoms with E-state index in [4.69, 9.17) is 5.73 Å². The van der Waals surface area contributed by atoms with Crippen molar-refractivity contribution in [2.45, 2.75) is 26.3 Å². The SMILES string of the molecule is Cc1cc(C)cc(C(N)CCN2CCN(C)CC2)c1. The first-order valence-corrected chi connectivity index (χ1v) is 7.29. The molecular formula is C16H27N3. The lowest BCUT2D eigenvalue weighted by molar-refractivity contribution is 0.150. The molecule has 1 aromatic carbocycles. The maximum atomic E-state index is 6.34. The number of nitrogens with two attached hydrogens (primary N) is 1. The Balaban J connectivity index is 1.85. The molecule has 0 aliphatic carbocycles. The Morgan fingerprint density at radius 1 is 1.05 bits per heavy atom. The third kappa shape index (κ3) is 4.30. The second-order valence-electron chi connectivity index (χ2n) is 5.96. The fourth-order valence-corrected chi connectivity index (χ4v) is 2.78. The molecule has 0 spiro atoms. The van der Waals surface area contributed by atoms with E-state index >= 15 is 0 Å². The molecule has 1 heterocycles. The van der Waals surface area contributed by atoms with E-state index in [1.807, 2.05) is 0 Å². The summed E-state index contributed by atoms with van der Waals surface area (Å²) in [4.78, 5) is 4.92. The van der Waals surface area contributed by atoms with Crippen molar-refractivity contribution in [3.63, 3.8) is 0 Å². The summed E-state index contributed by atoms with van der Waals surface area (Å²) in [6.07, 6.45) is 1.05. The first-order valence-electron chi connectivity index (χ1n) is 7.29. The molecule has 3 heteroatoms. The van der Waals surface area contributed by atoms with Gasteiger partial charge in [0, 0.05) is 38.8 Å². The average molecular weight is 261 g/mol. The van der Waals surface area contributed by atoms with E-state index in [2.05, 4.69) is 48.9 Å². The number of hydrogen-bond acceptors (Lipinski definition) is 3. The van der Waals surface area contributed by atoms with Gasteiger partial charge in [-0.3, -0.25) is 0 Å². The van der Waals surface area contributed by atoms with Gasteiger partial charge >= 0.3 is 0 Å². The van der Waals surface area contributed by atoms with E-state index in [0.29, 0.717) is 0 Å². The monoisotopic (exact) mass is 261 g/mol. The van der Waals surface area contributed by atoms with Crippen LogP contribution in [-0.4, -0.2) is 49.6 Å². The summed E-state index contributed by atoms with van der Waals surface area (Å²) in [5.74, 6) is 0. The minimum absolute atomic E-state index is 0.165. The van der Waals surface area contributed by atoms with E-state index < -0.39 is 0 Å². The van der Waals surface area contributed by atoms with Gasteiger partial charge in [0.05, 0.1) is 0 Å². The fourth-order valence-electron chi connectivity index (χ4n) is 2.78. The van der Waals surface area contributed by atoms with E-state index in [1.54, 1.807) is 0 Å². The molecule has 2 rings (SSSR count). The zero-order chi connectivity index (χ0) is 13.8. The van der Waals surface area contributed by atoms with Crippen molar-refractivity contribution < 1.29 is 0 Å². The summed E-state index contributed by atoms with van der Waals surface area (Å²) in [5.41, 5.74) is 10.2. The Kier molecular flexibility index (Phi) is 4.97. The highest BCUT2D eigenvalue weighted by Crippen LogP contribution is 2.18. The number of benzene rings is 1. The van der Waals surface area contributed by atoms with Crippen LogP contribution in [0, 0.1) is 13.8 Å². The molecular weight excluding hydrogens is 234 g/mol. The molecule has 1 aromatic rings. The van der Waals surface area contributed by atoms with Crippen LogP contribution in [0.1, 0.15) is 29.2 Å². The van der Waals surface area contributed by atoms with Crippen LogP contribution in [0.4, 0.5) is 0 Å². The molecule has 0 radical (unpaired) electrons. The summed E-state index contributed by atoms with van der Waals surface area (Å²) < 4.78 is 0. The summed E-state index contributed by atoms with van der Waals surface area (Å²) in [6, 6.07) is 6.82. The zero-order valence-corrected chi connectivity index (χ0v) is 12.5. The van der Waals surface area contributed by atoms with Crippen molar-refractivity contribution in [3.8, 4) is 0 Å². The second-order valence-corrected chi connectivity index (χ2v) is 5.96. The number of nitrogens with zero attached hydrogens (tertiary/aromatic N) is 2. The molecule has 1 saturated heterocycles. The van der Waals surface area contributed by atoms with Gasteiger partial charge in [-0.15, -0.1) is 0 Å². The Morgan fingerprint density at radius 2 is 1.63 bits per heavy atom. The van der Waals surface area contributed by atoms with Gasteiger partial charge in [0.2, 0.25) is 0 Å². The molecule has 1 aliphatic rings. The Hall–Kier alpha value is -0.900. The molecule has 0 bridgehead atoms. The third-order valence-electron chi connectivity index (χ3n) is 4.02. The number of piperazine rings is 1. The van der Waals surface area contributed by atoms with Gasteiger partial charge in [0.25, 0.3) is 0 Å². The van der Waals surface area contributed by atoms with Crippen LogP contribution in [0.2, 0.25) is 0 Å². The molecule has 0 aromatic heterocycles. The van der Waals surface area contributed by atoms with Crippen molar-refractivity contribution >= 4 is 0 Å². The van der Waals surface area contributed by atoms with Crippen molar-refractivity contribution in [3.05, 3.63) is 34.9 Å². The Morgan fingerprint density at radius 3 is 2.21 bits per heavy atom. The van der Waals surface area contributed by atoms with Gasteiger partial charge < -0.3 is 15.5 Å². The third-order valence-corrected chi connectivity index (χ3v) is 4.02. The summed E-state index contributed by atoms with van der Waals surface area (Å²) in [6.45, 7) is 10.1. The van der Waals surface area contributed by atoms with Crippen LogP contribution in [-0.2, 0) is 0 Å². The number of rotatable bonds is 4. The summed E-state index contributed by atoms with van der Waals surface area (Å²) in [5, 5.41) is 0. The van der Waals surface area contributed by atoms with E-state index in [0.717, 1.165) is 13.0 Å². The van der Waals surface area contributed by atoms with Crippen molar-refractivity contribution in [2.24, 2.45) is 5.73 Å². The second kappa shape index (κ2) is 6.51. The van der Waals surface area contributed by atoms with Crippen LogP contribution < -0.4 is 5.73 Å². The van der Waals surface area contributed by atoms with Crippen molar-refractivity contribution in [1.82, 2.24) is 9.80 Å². The van der Waals surface area contributed by atoms with Crippen LogP contribution in [0.15, 0.2) is 18.2 Å². The molecule has 1 atom stereocenters. The zero-order valence-electron chi connectivity index (χ0n) is 12.5. The predicted molar refractivity (Wildman–Crippen MR) is 81.4 cm³/mol. The first kappa shape index (κ1) is 14.5. The van der Waals surface area contributed by atoms with Crippen LogP contribution in [0.3, 0.4) is 0 Å². The normalized spacial score (nSPS) is 19.6. The highest BCUT2D eigenvalue weighted by Gasteiger charge is 2.15. The quantitative estimate of drug-likeness (QED) is 0.899. The fraction of sp³-hybridized carbons (Fsp3) is 0.625. The van der Waals surface area contributed by atoms with Crippen LogP contribution in [0.25, 0.3) is 0 Å². The van der Waals surface area contributed by atoms with Crippen molar-refractivity contribution in [1.29, 1.82) is 0 Å². The molecule has 0 saturated carbocycles. The molecule has 1 unspecified atom stereocenters. The van der Waals surface area contributed by atoms with Gasteiger partial charge in [0.15, 0.2) is 0 Å². The maximum Gasteiger partial charge on any atom is 0.0307 e. The number of aryl methyl sites for hydroxylation is 2. The van der Waals surface area contributed by atoms with Gasteiger partial charge in [-0.1, -0.05) is 29.3 Å². The van der Waals surface area contributed by atoms with E-state index in [9.17, 15) is 0 Å². The number of hydrogen-bond donors (Lipinski definition) is 1. The molecule has 1 fully saturated rings. The molecule has 106 valence electrons. The molecule has 19 heavy (non-hydrogen) atoms. The van der Waals surface area contributed by atoms with Gasteiger partial charge in [-0.05, 0) is 32.9 Å². The minimum Gasteiger partial charge on any atom is -0.324 e. The van der Waals surface area contributed by atoms with E-state index in [-0.39, 0.29) is 6.04 Å². The molecule has 0 amide bonds. The maximum absolute atomic E-state index is 6.34. The van der Waals surface area contributed by atoms with Gasteiger partial charge in [-0.2, -0.15) is 0 Å². The Bertz CT molecular complexity index is 388. The molecule has 2 N–H and O–H groups in total. The van der Waals surface area contributed by atoms with Crippen molar-refractivity contribution in [2.75, 3.05) is 39.8 Å². The lowest BCUT2D eigenvalue weighted by atomic mass is 9.99. The van der Waals surface area contributed by atoms with Gasteiger partial charge in [0.1, 0.15) is 0 Å². The number of likely N-dealkylation sites (N-methyl/N-ethyl adjacent to an activating group) is 1. The van der Waals surface area contributed by atoms with Crippen LogP contribution >= 0.6 is 0 Å². The lowest BCUT2D eigenvalue weighted by Gasteiger charge is -2.32.